The molecular weight excluding hydrogens is 402 g/mol. The zero-order valence-electron chi connectivity index (χ0n) is 18.0. The summed E-state index contributed by atoms with van der Waals surface area (Å²) >= 11 is 0. The average Bonchev–Trinajstić information content (AvgIpc) is 3.30. The van der Waals surface area contributed by atoms with Crippen LogP contribution in [0.5, 0.6) is 0 Å². The molecule has 0 saturated heterocycles. The standard InChI is InChI=1S/C30H21N3/c1-2-11-26(12-3-1)33-29-15-5-4-14-28(29)32-30(33)25-10-8-9-24(21-25)22-16-18-23(19-17-22)27-13-6-7-20-31-27/h1-21H. The van der Waals surface area contributed by atoms with Crippen LogP contribution in [0.4, 0.5) is 0 Å². The van der Waals surface area contributed by atoms with E-state index < -0.39 is 0 Å². The number of pyridine rings is 1. The second kappa shape index (κ2) is 8.21. The molecule has 0 saturated carbocycles. The van der Waals surface area contributed by atoms with Crippen molar-refractivity contribution in [1.82, 2.24) is 14.5 Å². The van der Waals surface area contributed by atoms with Gasteiger partial charge in [0.25, 0.3) is 0 Å². The summed E-state index contributed by atoms with van der Waals surface area (Å²) in [5, 5.41) is 0. The molecule has 0 aliphatic heterocycles. The van der Waals surface area contributed by atoms with Crippen LogP contribution in [-0.2, 0) is 0 Å². The van der Waals surface area contributed by atoms with Gasteiger partial charge in [-0.2, -0.15) is 0 Å². The molecule has 0 spiro atoms. The monoisotopic (exact) mass is 423 g/mol. The van der Waals surface area contributed by atoms with E-state index in [0.717, 1.165) is 44.9 Å². The van der Waals surface area contributed by atoms with Gasteiger partial charge in [0, 0.05) is 23.0 Å². The van der Waals surface area contributed by atoms with Crippen molar-refractivity contribution in [2.24, 2.45) is 0 Å². The molecular formula is C30H21N3. The van der Waals surface area contributed by atoms with E-state index in [0.29, 0.717) is 0 Å². The van der Waals surface area contributed by atoms with Crippen LogP contribution < -0.4 is 0 Å². The number of fused-ring (bicyclic) bond motifs is 1. The molecule has 0 atom stereocenters. The van der Waals surface area contributed by atoms with E-state index in [1.807, 2.05) is 36.5 Å². The Kier molecular flexibility index (Phi) is 4.78. The zero-order chi connectivity index (χ0) is 22.0. The normalized spacial score (nSPS) is 11.0. The van der Waals surface area contributed by atoms with Gasteiger partial charge in [0.2, 0.25) is 0 Å². The van der Waals surface area contributed by atoms with Gasteiger partial charge in [-0.1, -0.05) is 78.9 Å². The molecule has 3 nitrogen and oxygen atoms in total. The summed E-state index contributed by atoms with van der Waals surface area (Å²) in [5.74, 6) is 0.939. The smallest absolute Gasteiger partial charge is 0.145 e. The number of para-hydroxylation sites is 3. The highest BCUT2D eigenvalue weighted by atomic mass is 15.1. The van der Waals surface area contributed by atoms with E-state index in [1.54, 1.807) is 0 Å². The van der Waals surface area contributed by atoms with Crippen LogP contribution >= 0.6 is 0 Å². The summed E-state index contributed by atoms with van der Waals surface area (Å²) in [7, 11) is 0. The first-order valence-corrected chi connectivity index (χ1v) is 11.0. The van der Waals surface area contributed by atoms with Crippen LogP contribution in [0.1, 0.15) is 0 Å². The number of benzene rings is 4. The molecule has 2 aromatic heterocycles. The van der Waals surface area contributed by atoms with Gasteiger partial charge in [0.05, 0.1) is 16.7 Å². The molecule has 6 rings (SSSR count). The van der Waals surface area contributed by atoms with E-state index in [9.17, 15) is 0 Å². The molecule has 4 aromatic carbocycles. The molecule has 2 heterocycles. The Bertz CT molecular complexity index is 1530. The number of hydrogen-bond acceptors (Lipinski definition) is 2. The van der Waals surface area contributed by atoms with Gasteiger partial charge >= 0.3 is 0 Å². The van der Waals surface area contributed by atoms with Crippen molar-refractivity contribution in [2.45, 2.75) is 0 Å². The Labute approximate surface area is 192 Å². The van der Waals surface area contributed by atoms with Crippen molar-refractivity contribution in [2.75, 3.05) is 0 Å². The minimum Gasteiger partial charge on any atom is -0.292 e. The molecule has 0 radical (unpaired) electrons. The summed E-state index contributed by atoms with van der Waals surface area (Å²) in [6.45, 7) is 0. The molecule has 3 heteroatoms. The van der Waals surface area contributed by atoms with Gasteiger partial charge < -0.3 is 0 Å². The fourth-order valence-corrected chi connectivity index (χ4v) is 4.26. The maximum absolute atomic E-state index is 5.00. The number of aromatic nitrogens is 3. The highest BCUT2D eigenvalue weighted by Gasteiger charge is 2.14. The lowest BCUT2D eigenvalue weighted by Crippen LogP contribution is -1.97. The second-order valence-corrected chi connectivity index (χ2v) is 7.97. The van der Waals surface area contributed by atoms with E-state index in [4.69, 9.17) is 4.98 Å². The SMILES string of the molecule is c1ccc(-n2c(-c3cccc(-c4ccc(-c5ccccn5)cc4)c3)nc3ccccc32)cc1. The number of hydrogen-bond donors (Lipinski definition) is 0. The highest BCUT2D eigenvalue weighted by Crippen LogP contribution is 2.31. The maximum Gasteiger partial charge on any atom is 0.145 e. The van der Waals surface area contributed by atoms with E-state index in [1.165, 1.54) is 5.56 Å². The minimum atomic E-state index is 0.939. The largest absolute Gasteiger partial charge is 0.292 e. The summed E-state index contributed by atoms with van der Waals surface area (Å²) in [6, 6.07) is 41.9. The molecule has 6 aromatic rings. The Morgan fingerprint density at radius 1 is 0.515 bits per heavy atom. The third-order valence-corrected chi connectivity index (χ3v) is 5.87. The van der Waals surface area contributed by atoms with Crippen molar-refractivity contribution in [1.29, 1.82) is 0 Å². The van der Waals surface area contributed by atoms with Crippen molar-refractivity contribution >= 4 is 11.0 Å². The average molecular weight is 424 g/mol. The van der Waals surface area contributed by atoms with Crippen molar-refractivity contribution < 1.29 is 0 Å². The lowest BCUT2D eigenvalue weighted by molar-refractivity contribution is 1.10. The number of rotatable bonds is 4. The quantitative estimate of drug-likeness (QED) is 0.295. The predicted molar refractivity (Wildman–Crippen MR) is 135 cm³/mol. The fraction of sp³-hybridized carbons (Fsp3) is 0. The van der Waals surface area contributed by atoms with Gasteiger partial charge in [-0.05, 0) is 53.6 Å². The molecule has 0 unspecified atom stereocenters. The first-order valence-electron chi connectivity index (χ1n) is 11.0. The van der Waals surface area contributed by atoms with Crippen LogP contribution in [-0.4, -0.2) is 14.5 Å². The number of imidazole rings is 1. The third-order valence-electron chi connectivity index (χ3n) is 5.87. The summed E-state index contributed by atoms with van der Waals surface area (Å²) < 4.78 is 2.23. The van der Waals surface area contributed by atoms with Gasteiger partial charge in [-0.25, -0.2) is 4.98 Å². The Morgan fingerprint density at radius 2 is 1.24 bits per heavy atom. The van der Waals surface area contributed by atoms with Crippen LogP contribution in [0, 0.1) is 0 Å². The van der Waals surface area contributed by atoms with E-state index in [-0.39, 0.29) is 0 Å². The highest BCUT2D eigenvalue weighted by molar-refractivity contribution is 5.84. The first-order chi connectivity index (χ1) is 16.4. The zero-order valence-corrected chi connectivity index (χ0v) is 18.0. The molecule has 0 fully saturated rings. The Balaban J connectivity index is 1.44. The van der Waals surface area contributed by atoms with Crippen molar-refractivity contribution in [3.63, 3.8) is 0 Å². The molecule has 0 amide bonds. The summed E-state index contributed by atoms with van der Waals surface area (Å²) in [6.07, 6.45) is 1.82. The molecule has 0 N–H and O–H groups in total. The fourth-order valence-electron chi connectivity index (χ4n) is 4.26. The van der Waals surface area contributed by atoms with E-state index >= 15 is 0 Å². The second-order valence-electron chi connectivity index (χ2n) is 7.97. The first kappa shape index (κ1) is 19.2. The Hall–Kier alpha value is -4.50. The van der Waals surface area contributed by atoms with Crippen LogP contribution in [0.2, 0.25) is 0 Å². The van der Waals surface area contributed by atoms with Gasteiger partial charge in [0.1, 0.15) is 5.82 Å². The van der Waals surface area contributed by atoms with Crippen molar-refractivity contribution in [3.05, 3.63) is 128 Å². The minimum absolute atomic E-state index is 0.939. The lowest BCUT2D eigenvalue weighted by atomic mass is 10.0. The van der Waals surface area contributed by atoms with Gasteiger partial charge in [-0.3, -0.25) is 9.55 Å². The molecule has 156 valence electrons. The van der Waals surface area contributed by atoms with E-state index in [2.05, 4.69) is 101 Å². The van der Waals surface area contributed by atoms with Crippen LogP contribution in [0.25, 0.3) is 50.5 Å². The summed E-state index contributed by atoms with van der Waals surface area (Å²) in [5.41, 5.74) is 8.69. The Morgan fingerprint density at radius 3 is 2.06 bits per heavy atom. The predicted octanol–water partition coefficient (Wildman–Crippen LogP) is 7.42. The topological polar surface area (TPSA) is 30.7 Å². The van der Waals surface area contributed by atoms with Crippen LogP contribution in [0.15, 0.2) is 128 Å². The molecule has 0 aliphatic rings. The third kappa shape index (κ3) is 3.60. The summed E-state index contributed by atoms with van der Waals surface area (Å²) in [4.78, 5) is 9.46. The number of nitrogens with zero attached hydrogens (tertiary/aromatic N) is 3. The van der Waals surface area contributed by atoms with Gasteiger partial charge in [0.15, 0.2) is 0 Å². The molecule has 0 aliphatic carbocycles. The maximum atomic E-state index is 5.00. The van der Waals surface area contributed by atoms with Crippen LogP contribution in [0.3, 0.4) is 0 Å². The lowest BCUT2D eigenvalue weighted by Gasteiger charge is -2.11. The molecule has 0 bridgehead atoms. The van der Waals surface area contributed by atoms with Gasteiger partial charge in [-0.15, -0.1) is 0 Å². The molecule has 33 heavy (non-hydrogen) atoms. The van der Waals surface area contributed by atoms with Crippen molar-refractivity contribution in [3.8, 4) is 39.5 Å².